The third-order valence-electron chi connectivity index (χ3n) is 5.97. The van der Waals surface area contributed by atoms with E-state index in [4.69, 9.17) is 0 Å². The Morgan fingerprint density at radius 3 is 2.50 bits per heavy atom. The number of likely N-dealkylation sites (tertiary alicyclic amines) is 2. The van der Waals surface area contributed by atoms with E-state index >= 15 is 0 Å². The largest absolute Gasteiger partial charge is 0.301 e. The minimum atomic E-state index is 0.501. The minimum Gasteiger partial charge on any atom is -0.301 e. The molecule has 1 atom stereocenters. The van der Waals surface area contributed by atoms with Gasteiger partial charge in [-0.05, 0) is 57.5 Å². The summed E-state index contributed by atoms with van der Waals surface area (Å²) in [4.78, 5) is 5.54. The van der Waals surface area contributed by atoms with Gasteiger partial charge in [-0.25, -0.2) is 0 Å². The zero-order valence-electron chi connectivity index (χ0n) is 13.2. The Labute approximate surface area is 125 Å². The molecule has 2 nitrogen and oxygen atoms in total. The lowest BCUT2D eigenvalue weighted by Crippen LogP contribution is -2.56. The summed E-state index contributed by atoms with van der Waals surface area (Å²) in [7, 11) is 0. The first-order valence-corrected chi connectivity index (χ1v) is 8.91. The fourth-order valence-electron chi connectivity index (χ4n) is 4.99. The predicted octanol–water partition coefficient (Wildman–Crippen LogP) is 3.68. The molecule has 1 unspecified atom stereocenters. The lowest BCUT2D eigenvalue weighted by Gasteiger charge is -2.47. The van der Waals surface area contributed by atoms with E-state index in [1.54, 1.807) is 0 Å². The van der Waals surface area contributed by atoms with Crippen molar-refractivity contribution in [3.8, 4) is 0 Å². The molecule has 0 amide bonds. The molecule has 0 bridgehead atoms. The molecule has 2 aliphatic heterocycles. The molecule has 3 rings (SSSR count). The molecular formula is C18H32N2. The van der Waals surface area contributed by atoms with Gasteiger partial charge in [-0.15, -0.1) is 6.58 Å². The van der Waals surface area contributed by atoms with E-state index in [0.717, 1.165) is 12.5 Å². The van der Waals surface area contributed by atoms with Gasteiger partial charge >= 0.3 is 0 Å². The molecule has 2 heterocycles. The van der Waals surface area contributed by atoms with Crippen LogP contribution in [0.3, 0.4) is 0 Å². The zero-order valence-corrected chi connectivity index (χ0v) is 13.2. The fourth-order valence-corrected chi connectivity index (χ4v) is 4.99. The zero-order chi connectivity index (χ0) is 13.8. The molecule has 114 valence electrons. The Morgan fingerprint density at radius 2 is 1.75 bits per heavy atom. The van der Waals surface area contributed by atoms with Gasteiger partial charge in [-0.2, -0.15) is 0 Å². The van der Waals surface area contributed by atoms with Gasteiger partial charge in [-0.3, -0.25) is 4.90 Å². The molecule has 20 heavy (non-hydrogen) atoms. The molecule has 1 aliphatic carbocycles. The molecule has 1 saturated carbocycles. The average Bonchev–Trinajstić information content (AvgIpc) is 2.83. The minimum absolute atomic E-state index is 0.501. The standard InChI is InChI=1S/C18H32N2/c1-2-12-20-14-7-11-18(20)10-6-13-19(16-18)15-17-8-4-3-5-9-17/h2,17H,1,3-16H2. The lowest BCUT2D eigenvalue weighted by molar-refractivity contribution is 0.0379. The van der Waals surface area contributed by atoms with Crippen LogP contribution < -0.4 is 0 Å². The van der Waals surface area contributed by atoms with E-state index in [-0.39, 0.29) is 0 Å². The molecular weight excluding hydrogens is 244 g/mol. The first kappa shape index (κ1) is 14.6. The van der Waals surface area contributed by atoms with E-state index in [2.05, 4.69) is 22.5 Å². The van der Waals surface area contributed by atoms with E-state index in [0.29, 0.717) is 5.54 Å². The lowest BCUT2D eigenvalue weighted by atomic mass is 9.84. The number of piperidine rings is 1. The van der Waals surface area contributed by atoms with Gasteiger partial charge in [0.15, 0.2) is 0 Å². The van der Waals surface area contributed by atoms with Gasteiger partial charge in [0, 0.05) is 25.2 Å². The number of hydrogen-bond donors (Lipinski definition) is 0. The SMILES string of the molecule is C=CCN1CCCC12CCCN(CC1CCCCC1)C2. The van der Waals surface area contributed by atoms with Crippen LogP contribution in [0.1, 0.15) is 57.8 Å². The van der Waals surface area contributed by atoms with E-state index in [9.17, 15) is 0 Å². The van der Waals surface area contributed by atoms with E-state index < -0.39 is 0 Å². The maximum atomic E-state index is 3.96. The van der Waals surface area contributed by atoms with Gasteiger partial charge in [0.05, 0.1) is 0 Å². The highest BCUT2D eigenvalue weighted by atomic mass is 15.3. The fraction of sp³-hybridized carbons (Fsp3) is 0.889. The van der Waals surface area contributed by atoms with Crippen LogP contribution in [0.5, 0.6) is 0 Å². The Bertz CT molecular complexity index is 321. The quantitative estimate of drug-likeness (QED) is 0.723. The van der Waals surface area contributed by atoms with Gasteiger partial charge < -0.3 is 4.90 Å². The highest BCUT2D eigenvalue weighted by Gasteiger charge is 2.43. The predicted molar refractivity (Wildman–Crippen MR) is 86.0 cm³/mol. The highest BCUT2D eigenvalue weighted by Crippen LogP contribution is 2.37. The van der Waals surface area contributed by atoms with Crippen molar-refractivity contribution >= 4 is 0 Å². The van der Waals surface area contributed by atoms with Crippen molar-refractivity contribution in [3.05, 3.63) is 12.7 Å². The Morgan fingerprint density at radius 1 is 1.00 bits per heavy atom. The van der Waals surface area contributed by atoms with E-state index in [1.165, 1.54) is 84.0 Å². The molecule has 0 N–H and O–H groups in total. The normalized spacial score (nSPS) is 33.8. The summed E-state index contributed by atoms with van der Waals surface area (Å²) in [5, 5.41) is 0. The van der Waals surface area contributed by atoms with Crippen LogP contribution in [0.15, 0.2) is 12.7 Å². The number of hydrogen-bond acceptors (Lipinski definition) is 2. The average molecular weight is 276 g/mol. The molecule has 2 heteroatoms. The molecule has 0 aromatic rings. The van der Waals surface area contributed by atoms with Crippen molar-refractivity contribution in [2.24, 2.45) is 5.92 Å². The van der Waals surface area contributed by atoms with Crippen molar-refractivity contribution < 1.29 is 0 Å². The second kappa shape index (κ2) is 6.62. The van der Waals surface area contributed by atoms with Crippen molar-refractivity contribution in [1.29, 1.82) is 0 Å². The van der Waals surface area contributed by atoms with Crippen LogP contribution in [-0.4, -0.2) is 48.1 Å². The van der Waals surface area contributed by atoms with Crippen LogP contribution in [-0.2, 0) is 0 Å². The summed E-state index contributed by atoms with van der Waals surface area (Å²) in [5.41, 5.74) is 0.501. The smallest absolute Gasteiger partial charge is 0.0340 e. The van der Waals surface area contributed by atoms with Gasteiger partial charge in [0.25, 0.3) is 0 Å². The van der Waals surface area contributed by atoms with Gasteiger partial charge in [0.2, 0.25) is 0 Å². The number of nitrogens with zero attached hydrogens (tertiary/aromatic N) is 2. The second-order valence-corrected chi connectivity index (χ2v) is 7.41. The van der Waals surface area contributed by atoms with Gasteiger partial charge in [-0.1, -0.05) is 25.3 Å². The molecule has 1 spiro atoms. The second-order valence-electron chi connectivity index (χ2n) is 7.41. The summed E-state index contributed by atoms with van der Waals surface area (Å²) in [5.74, 6) is 0.994. The third-order valence-corrected chi connectivity index (χ3v) is 5.97. The Balaban J connectivity index is 1.59. The summed E-state index contributed by atoms with van der Waals surface area (Å²) in [6, 6.07) is 0. The van der Waals surface area contributed by atoms with Crippen LogP contribution in [0.25, 0.3) is 0 Å². The monoisotopic (exact) mass is 276 g/mol. The topological polar surface area (TPSA) is 6.48 Å². The molecule has 0 aromatic heterocycles. The molecule has 0 radical (unpaired) electrons. The first-order valence-electron chi connectivity index (χ1n) is 8.91. The maximum Gasteiger partial charge on any atom is 0.0340 e. The highest BCUT2D eigenvalue weighted by molar-refractivity contribution is 5.02. The third kappa shape index (κ3) is 3.12. The van der Waals surface area contributed by atoms with Crippen LogP contribution in [0, 0.1) is 5.92 Å². The summed E-state index contributed by atoms with van der Waals surface area (Å²) >= 11 is 0. The van der Waals surface area contributed by atoms with Gasteiger partial charge in [0.1, 0.15) is 0 Å². The van der Waals surface area contributed by atoms with Crippen molar-refractivity contribution in [2.75, 3.05) is 32.7 Å². The van der Waals surface area contributed by atoms with Crippen LogP contribution >= 0.6 is 0 Å². The van der Waals surface area contributed by atoms with Crippen LogP contribution in [0.4, 0.5) is 0 Å². The van der Waals surface area contributed by atoms with Crippen molar-refractivity contribution in [1.82, 2.24) is 9.80 Å². The first-order chi connectivity index (χ1) is 9.82. The van der Waals surface area contributed by atoms with E-state index in [1.807, 2.05) is 0 Å². The summed E-state index contributed by atoms with van der Waals surface area (Å²) in [6.45, 7) is 10.4. The van der Waals surface area contributed by atoms with Crippen LogP contribution in [0.2, 0.25) is 0 Å². The van der Waals surface area contributed by atoms with Crippen molar-refractivity contribution in [2.45, 2.75) is 63.3 Å². The molecule has 3 fully saturated rings. The maximum absolute atomic E-state index is 3.96. The Kier molecular flexibility index (Phi) is 4.83. The van der Waals surface area contributed by atoms with Crippen molar-refractivity contribution in [3.63, 3.8) is 0 Å². The molecule has 2 saturated heterocycles. The Hall–Kier alpha value is -0.340. The summed E-state index contributed by atoms with van der Waals surface area (Å²) in [6.07, 6.45) is 15.1. The molecule has 0 aromatic carbocycles. The molecule has 3 aliphatic rings. The number of rotatable bonds is 4. The summed E-state index contributed by atoms with van der Waals surface area (Å²) < 4.78 is 0.